The van der Waals surface area contributed by atoms with Crippen LogP contribution < -0.4 is 5.56 Å². The van der Waals surface area contributed by atoms with Gasteiger partial charge in [0, 0.05) is 31.7 Å². The average Bonchev–Trinajstić information content (AvgIpc) is 2.88. The van der Waals surface area contributed by atoms with Crippen LogP contribution in [0.3, 0.4) is 0 Å². The fourth-order valence-electron chi connectivity index (χ4n) is 2.60. The second-order valence-electron chi connectivity index (χ2n) is 5.49. The van der Waals surface area contributed by atoms with E-state index in [2.05, 4.69) is 5.10 Å². The summed E-state index contributed by atoms with van der Waals surface area (Å²) in [5, 5.41) is 2.73. The Kier molecular flexibility index (Phi) is 5.10. The highest BCUT2D eigenvalue weighted by Crippen LogP contribution is 2.25. The maximum atomic E-state index is 12.7. The number of nitrogens with one attached hydrogen (secondary N) is 1. The van der Waals surface area contributed by atoms with E-state index in [0.717, 1.165) is 6.26 Å². The van der Waals surface area contributed by atoms with Crippen LogP contribution in [0.5, 0.6) is 0 Å². The lowest BCUT2D eigenvalue weighted by Gasteiger charge is -2.14. The largest absolute Gasteiger partial charge is 0.380 e. The van der Waals surface area contributed by atoms with E-state index in [1.165, 1.54) is 30.1 Å². The second-order valence-corrected chi connectivity index (χ2v) is 7.47. The number of hydrogen-bond acceptors (Lipinski definition) is 5. The fourth-order valence-corrected chi connectivity index (χ4v) is 3.57. The summed E-state index contributed by atoms with van der Waals surface area (Å²) in [6.07, 6.45) is 2.47. The van der Waals surface area contributed by atoms with Crippen molar-refractivity contribution in [2.24, 2.45) is 0 Å². The molecule has 0 aliphatic heterocycles. The van der Waals surface area contributed by atoms with Crippen LogP contribution in [0.15, 0.2) is 28.0 Å². The number of ether oxygens (including phenoxy) is 1. The van der Waals surface area contributed by atoms with Crippen molar-refractivity contribution in [2.75, 3.05) is 13.4 Å². The van der Waals surface area contributed by atoms with Crippen LogP contribution in [0.2, 0.25) is 0 Å². The van der Waals surface area contributed by atoms with Crippen LogP contribution in [-0.2, 0) is 27.7 Å². The molecule has 0 atom stereocenters. The molecule has 1 heterocycles. The number of aromatic nitrogens is 2. The molecule has 2 rings (SSSR count). The topological polar surface area (TPSA) is 98.2 Å². The van der Waals surface area contributed by atoms with E-state index in [0.29, 0.717) is 17.7 Å². The standard InChI is InChI=1S/C16H20N2O5S/c1-5-18-16(20)12(8-17-18)15(19)11-6-7-14(24(4,21)22)13(9-23-3)10(11)2/h6-8,17H,5,9H2,1-4H3. The van der Waals surface area contributed by atoms with Crippen LogP contribution in [0.1, 0.15) is 34.0 Å². The van der Waals surface area contributed by atoms with Gasteiger partial charge in [-0.1, -0.05) is 0 Å². The zero-order chi connectivity index (χ0) is 18.1. The van der Waals surface area contributed by atoms with Gasteiger partial charge < -0.3 is 9.84 Å². The predicted octanol–water partition coefficient (Wildman–Crippen LogP) is 1.29. The van der Waals surface area contributed by atoms with Gasteiger partial charge in [-0.3, -0.25) is 14.3 Å². The maximum Gasteiger partial charge on any atom is 0.277 e. The summed E-state index contributed by atoms with van der Waals surface area (Å²) in [5.41, 5.74) is 0.831. The van der Waals surface area contributed by atoms with Gasteiger partial charge in [0.05, 0.1) is 11.5 Å². The normalized spacial score (nSPS) is 11.7. The van der Waals surface area contributed by atoms with Crippen molar-refractivity contribution < 1.29 is 17.9 Å². The van der Waals surface area contributed by atoms with E-state index in [9.17, 15) is 18.0 Å². The Morgan fingerprint density at radius 1 is 1.29 bits per heavy atom. The third-order valence-electron chi connectivity index (χ3n) is 3.89. The van der Waals surface area contributed by atoms with Crippen LogP contribution in [-0.4, -0.2) is 37.3 Å². The number of H-pyrrole nitrogens is 1. The van der Waals surface area contributed by atoms with Crippen molar-refractivity contribution in [3.63, 3.8) is 0 Å². The van der Waals surface area contributed by atoms with E-state index >= 15 is 0 Å². The number of ketones is 1. The number of carbonyl (C=O) groups excluding carboxylic acids is 1. The van der Waals surface area contributed by atoms with E-state index < -0.39 is 21.2 Å². The smallest absolute Gasteiger partial charge is 0.277 e. The van der Waals surface area contributed by atoms with Crippen molar-refractivity contribution in [3.8, 4) is 0 Å². The van der Waals surface area contributed by atoms with Crippen molar-refractivity contribution >= 4 is 15.6 Å². The predicted molar refractivity (Wildman–Crippen MR) is 89.2 cm³/mol. The molecule has 1 N–H and O–H groups in total. The zero-order valence-corrected chi connectivity index (χ0v) is 14.9. The third kappa shape index (κ3) is 3.20. The van der Waals surface area contributed by atoms with Gasteiger partial charge in [0.2, 0.25) is 0 Å². The summed E-state index contributed by atoms with van der Waals surface area (Å²) in [7, 11) is -2.01. The van der Waals surface area contributed by atoms with Gasteiger partial charge in [0.25, 0.3) is 5.56 Å². The second kappa shape index (κ2) is 6.74. The minimum absolute atomic E-state index is 0.0235. The molecular weight excluding hydrogens is 332 g/mol. The Balaban J connectivity index is 2.63. The third-order valence-corrected chi connectivity index (χ3v) is 5.07. The van der Waals surface area contributed by atoms with Gasteiger partial charge in [-0.2, -0.15) is 0 Å². The monoisotopic (exact) mass is 352 g/mol. The summed E-state index contributed by atoms with van der Waals surface area (Å²) in [5.74, 6) is -0.446. The molecule has 0 spiro atoms. The molecule has 0 fully saturated rings. The molecule has 1 aromatic carbocycles. The molecule has 1 aromatic heterocycles. The van der Waals surface area contributed by atoms with Gasteiger partial charge in [-0.15, -0.1) is 0 Å². The number of nitrogens with zero attached hydrogens (tertiary/aromatic N) is 1. The van der Waals surface area contributed by atoms with Crippen LogP contribution in [0.25, 0.3) is 0 Å². The minimum Gasteiger partial charge on any atom is -0.380 e. The van der Waals surface area contributed by atoms with Crippen molar-refractivity contribution in [1.29, 1.82) is 0 Å². The first kappa shape index (κ1) is 18.2. The van der Waals surface area contributed by atoms with E-state index in [1.54, 1.807) is 13.8 Å². The van der Waals surface area contributed by atoms with Gasteiger partial charge in [-0.25, -0.2) is 8.42 Å². The van der Waals surface area contributed by atoms with Gasteiger partial charge >= 0.3 is 0 Å². The molecule has 24 heavy (non-hydrogen) atoms. The van der Waals surface area contributed by atoms with Crippen molar-refractivity contribution in [1.82, 2.24) is 9.78 Å². The molecular formula is C16H20N2O5S. The fraction of sp³-hybridized carbons (Fsp3) is 0.375. The van der Waals surface area contributed by atoms with E-state index in [1.807, 2.05) is 0 Å². The first-order chi connectivity index (χ1) is 11.2. The molecule has 2 aromatic rings. The maximum absolute atomic E-state index is 12.7. The lowest BCUT2D eigenvalue weighted by Crippen LogP contribution is -2.22. The lowest BCUT2D eigenvalue weighted by molar-refractivity contribution is 0.103. The molecule has 0 saturated heterocycles. The first-order valence-corrected chi connectivity index (χ1v) is 9.25. The SMILES string of the molecule is CCn1[nH]cc(C(=O)c2ccc(S(C)(=O)=O)c(COC)c2C)c1=O. The molecule has 8 heteroatoms. The molecule has 0 unspecified atom stereocenters. The quantitative estimate of drug-likeness (QED) is 0.790. The number of carbonyl (C=O) groups is 1. The number of methoxy groups -OCH3 is 1. The van der Waals surface area contributed by atoms with Crippen LogP contribution >= 0.6 is 0 Å². The Bertz CT molecular complexity index is 938. The minimum atomic E-state index is -3.46. The number of rotatable bonds is 6. The highest BCUT2D eigenvalue weighted by molar-refractivity contribution is 7.90. The van der Waals surface area contributed by atoms with Gasteiger partial charge in [-0.05, 0) is 37.1 Å². The Hall–Kier alpha value is -2.19. The molecule has 0 radical (unpaired) electrons. The summed E-state index contributed by atoms with van der Waals surface area (Å²) >= 11 is 0. The number of sulfone groups is 1. The Morgan fingerprint density at radius 2 is 1.96 bits per heavy atom. The van der Waals surface area contributed by atoms with E-state index in [4.69, 9.17) is 4.74 Å². The Labute approximate surface area is 140 Å². The summed E-state index contributed by atoms with van der Waals surface area (Å²) in [6, 6.07) is 2.82. The van der Waals surface area contributed by atoms with Crippen LogP contribution in [0, 0.1) is 6.92 Å². The molecule has 0 amide bonds. The molecule has 0 bridgehead atoms. The number of aromatic amines is 1. The Morgan fingerprint density at radius 3 is 2.46 bits per heavy atom. The van der Waals surface area contributed by atoms with E-state index in [-0.39, 0.29) is 22.6 Å². The highest BCUT2D eigenvalue weighted by Gasteiger charge is 2.23. The zero-order valence-electron chi connectivity index (χ0n) is 14.0. The highest BCUT2D eigenvalue weighted by atomic mass is 32.2. The van der Waals surface area contributed by atoms with Crippen molar-refractivity contribution in [2.45, 2.75) is 31.9 Å². The number of hydrogen-bond donors (Lipinski definition) is 1. The molecule has 0 saturated carbocycles. The number of aryl methyl sites for hydroxylation is 1. The molecule has 7 nitrogen and oxygen atoms in total. The molecule has 130 valence electrons. The van der Waals surface area contributed by atoms with Crippen molar-refractivity contribution in [3.05, 3.63) is 50.9 Å². The summed E-state index contributed by atoms with van der Waals surface area (Å²) in [6.45, 7) is 3.92. The summed E-state index contributed by atoms with van der Waals surface area (Å²) < 4.78 is 30.3. The van der Waals surface area contributed by atoms with Crippen LogP contribution in [0.4, 0.5) is 0 Å². The van der Waals surface area contributed by atoms with Gasteiger partial charge in [0.15, 0.2) is 15.6 Å². The molecule has 0 aliphatic carbocycles. The first-order valence-electron chi connectivity index (χ1n) is 7.36. The number of benzene rings is 1. The average molecular weight is 352 g/mol. The lowest BCUT2D eigenvalue weighted by atomic mass is 9.97. The van der Waals surface area contributed by atoms with Gasteiger partial charge in [0.1, 0.15) is 5.56 Å². The summed E-state index contributed by atoms with van der Waals surface area (Å²) in [4.78, 5) is 25.0. The molecule has 0 aliphatic rings.